The molecule has 1 saturated carbocycles. The van der Waals surface area contributed by atoms with Crippen LogP contribution in [-0.4, -0.2) is 40.4 Å². The number of nitrogens with one attached hydrogen (secondary N) is 2. The number of carbonyl (C=O) groups excluding carboxylic acids is 2. The van der Waals surface area contributed by atoms with E-state index in [2.05, 4.69) is 15.6 Å². The number of carbonyl (C=O) groups is 3. The summed E-state index contributed by atoms with van der Waals surface area (Å²) in [5, 5.41) is 14.5. The van der Waals surface area contributed by atoms with Crippen LogP contribution in [-0.2, 0) is 11.0 Å². The fourth-order valence-electron chi connectivity index (χ4n) is 4.75. The van der Waals surface area contributed by atoms with Crippen molar-refractivity contribution < 1.29 is 37.4 Å². The van der Waals surface area contributed by atoms with E-state index in [1.165, 1.54) is 0 Å². The number of alkyl halides is 3. The minimum absolute atomic E-state index is 0.0145. The van der Waals surface area contributed by atoms with E-state index in [-0.39, 0.29) is 48.4 Å². The normalized spacial score (nSPS) is 17.7. The van der Waals surface area contributed by atoms with Crippen LogP contribution in [0.1, 0.15) is 82.8 Å². The number of Topliss-reactive ketones (excluding diaryl/α,β-unsaturated/α-hetero) is 1. The average Bonchev–Trinajstić information content (AvgIpc) is 3.41. The van der Waals surface area contributed by atoms with Crippen LogP contribution in [0.2, 0.25) is 0 Å². The van der Waals surface area contributed by atoms with Gasteiger partial charge in [0.15, 0.2) is 16.6 Å². The molecule has 1 fully saturated rings. The zero-order chi connectivity index (χ0) is 30.3. The largest absolute Gasteiger partial charge is 0.490 e. The molecular formula is C30H32F3N3O5S. The predicted molar refractivity (Wildman–Crippen MR) is 152 cm³/mol. The second kappa shape index (κ2) is 13.8. The number of aliphatic carboxylic acids is 1. The molecule has 1 amide bonds. The first-order valence-electron chi connectivity index (χ1n) is 13.7. The molecule has 12 heteroatoms. The number of hydrogen-bond acceptors (Lipinski definition) is 7. The lowest BCUT2D eigenvalue weighted by Crippen LogP contribution is -2.27. The summed E-state index contributed by atoms with van der Waals surface area (Å²) in [6, 6.07) is 15.5. The SMILES string of the molecule is CC(Nc1nc(C(F)(F)F)c(C(=O)NCCCC(=O)c2ccc(OC3CCC(C(=O)O)CC3)cc2)s1)c1ccccc1. The Morgan fingerprint density at radius 3 is 2.33 bits per heavy atom. The smallest absolute Gasteiger partial charge is 0.435 e. The molecule has 0 saturated heterocycles. The molecule has 42 heavy (non-hydrogen) atoms. The molecule has 0 spiro atoms. The molecule has 1 atom stereocenters. The van der Waals surface area contributed by atoms with Gasteiger partial charge in [-0.15, -0.1) is 0 Å². The number of carboxylic acid groups (broad SMARTS) is 1. The average molecular weight is 604 g/mol. The zero-order valence-corrected chi connectivity index (χ0v) is 23.8. The fraction of sp³-hybridized carbons (Fsp3) is 0.400. The van der Waals surface area contributed by atoms with Gasteiger partial charge < -0.3 is 20.5 Å². The van der Waals surface area contributed by atoms with Gasteiger partial charge in [0.1, 0.15) is 10.6 Å². The molecule has 1 aliphatic rings. The molecular weight excluding hydrogens is 571 g/mol. The molecule has 1 aliphatic carbocycles. The molecule has 4 rings (SSSR count). The van der Waals surface area contributed by atoms with Crippen molar-refractivity contribution in [1.82, 2.24) is 10.3 Å². The van der Waals surface area contributed by atoms with Crippen LogP contribution >= 0.6 is 11.3 Å². The summed E-state index contributed by atoms with van der Waals surface area (Å²) in [7, 11) is 0. The summed E-state index contributed by atoms with van der Waals surface area (Å²) in [6.07, 6.45) is -2.09. The third kappa shape index (κ3) is 8.31. The monoisotopic (exact) mass is 603 g/mol. The van der Waals surface area contributed by atoms with Gasteiger partial charge in [-0.2, -0.15) is 13.2 Å². The molecule has 0 bridgehead atoms. The highest BCUT2D eigenvalue weighted by molar-refractivity contribution is 7.17. The van der Waals surface area contributed by atoms with Crippen LogP contribution < -0.4 is 15.4 Å². The summed E-state index contributed by atoms with van der Waals surface area (Å²) in [5.41, 5.74) is 0.0633. The van der Waals surface area contributed by atoms with Gasteiger partial charge in [0.2, 0.25) is 0 Å². The lowest BCUT2D eigenvalue weighted by molar-refractivity contribution is -0.143. The molecule has 2 aromatic carbocycles. The highest BCUT2D eigenvalue weighted by Crippen LogP contribution is 2.37. The Morgan fingerprint density at radius 1 is 1.05 bits per heavy atom. The molecule has 0 radical (unpaired) electrons. The van der Waals surface area contributed by atoms with E-state index in [1.807, 2.05) is 30.3 Å². The Morgan fingerprint density at radius 2 is 1.71 bits per heavy atom. The zero-order valence-electron chi connectivity index (χ0n) is 22.9. The quantitative estimate of drug-likeness (QED) is 0.155. The Hall–Kier alpha value is -3.93. The molecule has 1 heterocycles. The second-order valence-corrected chi connectivity index (χ2v) is 11.2. The highest BCUT2D eigenvalue weighted by Gasteiger charge is 2.40. The number of hydrogen-bond donors (Lipinski definition) is 3. The fourth-order valence-corrected chi connectivity index (χ4v) is 5.74. The topological polar surface area (TPSA) is 118 Å². The van der Waals surface area contributed by atoms with Gasteiger partial charge in [-0.1, -0.05) is 41.7 Å². The molecule has 1 aromatic heterocycles. The first-order valence-corrected chi connectivity index (χ1v) is 14.5. The molecule has 0 aliphatic heterocycles. The van der Waals surface area contributed by atoms with Crippen molar-refractivity contribution in [1.29, 1.82) is 0 Å². The van der Waals surface area contributed by atoms with Crippen molar-refractivity contribution in [2.45, 2.75) is 63.8 Å². The number of thiazole rings is 1. The Balaban J connectivity index is 1.25. The first-order chi connectivity index (χ1) is 20.0. The van der Waals surface area contributed by atoms with Crippen LogP contribution in [0.5, 0.6) is 5.75 Å². The van der Waals surface area contributed by atoms with E-state index < -0.39 is 28.6 Å². The van der Waals surface area contributed by atoms with Gasteiger partial charge in [0.05, 0.1) is 18.1 Å². The maximum absolute atomic E-state index is 13.6. The number of anilines is 1. The second-order valence-electron chi connectivity index (χ2n) is 10.2. The standard InChI is InChI=1S/C30H32F3N3O5S/c1-18(19-6-3-2-4-7-19)35-29-36-26(30(31,32)33)25(42-29)27(38)34-17-5-8-24(37)20-9-13-22(14-10-20)41-23-15-11-21(12-16-23)28(39)40/h2-4,6-7,9-10,13-14,18,21,23H,5,8,11-12,15-17H2,1H3,(H,34,38)(H,35,36)(H,39,40). The number of ketones is 1. The predicted octanol–water partition coefficient (Wildman–Crippen LogP) is 6.75. The lowest BCUT2D eigenvalue weighted by atomic mass is 9.87. The number of rotatable bonds is 12. The van der Waals surface area contributed by atoms with Crippen LogP contribution in [0.3, 0.4) is 0 Å². The number of amides is 1. The first kappa shape index (κ1) is 31.0. The van der Waals surface area contributed by atoms with E-state index in [4.69, 9.17) is 9.84 Å². The molecule has 3 aromatic rings. The van der Waals surface area contributed by atoms with E-state index in [0.29, 0.717) is 48.3 Å². The van der Waals surface area contributed by atoms with Crippen molar-refractivity contribution >= 4 is 34.1 Å². The van der Waals surface area contributed by atoms with Crippen molar-refractivity contribution in [3.05, 3.63) is 76.3 Å². The van der Waals surface area contributed by atoms with Gasteiger partial charge in [-0.05, 0) is 68.9 Å². The minimum atomic E-state index is -4.80. The van der Waals surface area contributed by atoms with Gasteiger partial charge in [0.25, 0.3) is 5.91 Å². The molecule has 8 nitrogen and oxygen atoms in total. The minimum Gasteiger partial charge on any atom is -0.490 e. The molecule has 224 valence electrons. The van der Waals surface area contributed by atoms with Crippen LogP contribution in [0.15, 0.2) is 54.6 Å². The van der Waals surface area contributed by atoms with Gasteiger partial charge in [-0.3, -0.25) is 14.4 Å². The Labute approximate surface area is 245 Å². The van der Waals surface area contributed by atoms with Crippen molar-refractivity contribution in [2.24, 2.45) is 5.92 Å². The van der Waals surface area contributed by atoms with Gasteiger partial charge in [0, 0.05) is 18.5 Å². The Kier molecular flexibility index (Phi) is 10.2. The summed E-state index contributed by atoms with van der Waals surface area (Å²) >= 11 is 0.634. The van der Waals surface area contributed by atoms with Crippen LogP contribution in [0, 0.1) is 5.92 Å². The number of benzene rings is 2. The number of carboxylic acids is 1. The summed E-state index contributed by atoms with van der Waals surface area (Å²) < 4.78 is 46.8. The van der Waals surface area contributed by atoms with Crippen LogP contribution in [0.25, 0.3) is 0 Å². The summed E-state index contributed by atoms with van der Waals surface area (Å²) in [4.78, 5) is 39.5. The maximum atomic E-state index is 13.6. The highest BCUT2D eigenvalue weighted by atomic mass is 32.1. The third-order valence-electron chi connectivity index (χ3n) is 7.11. The van der Waals surface area contributed by atoms with Crippen LogP contribution in [0.4, 0.5) is 18.3 Å². The number of nitrogens with zero attached hydrogens (tertiary/aromatic N) is 1. The Bertz CT molecular complexity index is 1370. The van der Waals surface area contributed by atoms with E-state index in [1.54, 1.807) is 31.2 Å². The number of halogens is 3. The molecule has 1 unspecified atom stereocenters. The van der Waals surface area contributed by atoms with Crippen molar-refractivity contribution in [3.63, 3.8) is 0 Å². The third-order valence-corrected chi connectivity index (χ3v) is 8.10. The molecule has 3 N–H and O–H groups in total. The maximum Gasteiger partial charge on any atom is 0.435 e. The number of ether oxygens (including phenoxy) is 1. The van der Waals surface area contributed by atoms with E-state index in [9.17, 15) is 27.6 Å². The van der Waals surface area contributed by atoms with Crippen molar-refractivity contribution in [3.8, 4) is 5.75 Å². The van der Waals surface area contributed by atoms with Gasteiger partial charge >= 0.3 is 12.1 Å². The van der Waals surface area contributed by atoms with Crippen molar-refractivity contribution in [2.75, 3.05) is 11.9 Å². The number of aromatic nitrogens is 1. The van der Waals surface area contributed by atoms with Gasteiger partial charge in [-0.25, -0.2) is 4.98 Å². The van der Waals surface area contributed by atoms with E-state index >= 15 is 0 Å². The summed E-state index contributed by atoms with van der Waals surface area (Å²) in [6.45, 7) is 1.80. The van der Waals surface area contributed by atoms with E-state index in [0.717, 1.165) is 5.56 Å². The summed E-state index contributed by atoms with van der Waals surface area (Å²) in [5.74, 6) is -1.58. The lowest BCUT2D eigenvalue weighted by Gasteiger charge is -2.26.